The molecular weight excluding hydrogens is 512 g/mol. The van der Waals surface area contributed by atoms with Crippen molar-refractivity contribution >= 4 is 35.3 Å². The molecule has 0 spiro atoms. The van der Waals surface area contributed by atoms with Crippen LogP contribution in [-0.4, -0.2) is 48.4 Å². The summed E-state index contributed by atoms with van der Waals surface area (Å²) >= 11 is 0. The van der Waals surface area contributed by atoms with Crippen LogP contribution in [0.5, 0.6) is 0 Å². The van der Waals surface area contributed by atoms with Crippen LogP contribution in [0.25, 0.3) is 5.70 Å². The lowest BCUT2D eigenvalue weighted by Crippen LogP contribution is -2.27. The molecule has 3 amide bonds. The minimum absolute atomic E-state index is 0.119. The van der Waals surface area contributed by atoms with E-state index in [1.165, 1.54) is 42.5 Å². The average Bonchev–Trinajstić information content (AvgIpc) is 2.89. The fourth-order valence-corrected chi connectivity index (χ4v) is 3.38. The van der Waals surface area contributed by atoms with Gasteiger partial charge in [-0.15, -0.1) is 9.46 Å². The maximum absolute atomic E-state index is 12.7. The van der Waals surface area contributed by atoms with Gasteiger partial charge in [0.1, 0.15) is 11.4 Å². The molecule has 0 aliphatic carbocycles. The summed E-state index contributed by atoms with van der Waals surface area (Å²) < 4.78 is 0.372. The van der Waals surface area contributed by atoms with Crippen LogP contribution in [-0.2, 0) is 4.79 Å². The molecule has 7 N–H and O–H groups in total. The second-order valence-electron chi connectivity index (χ2n) is 7.68. The van der Waals surface area contributed by atoms with Crippen LogP contribution >= 0.6 is 0 Å². The number of nitrogens with zero attached hydrogens (tertiary/aromatic N) is 3. The van der Waals surface area contributed by atoms with E-state index < -0.39 is 22.9 Å². The molecule has 14 heteroatoms. The summed E-state index contributed by atoms with van der Waals surface area (Å²) in [5.74, 6) is -1.67. The summed E-state index contributed by atoms with van der Waals surface area (Å²) in [5, 5.41) is 36.0. The summed E-state index contributed by atoms with van der Waals surface area (Å²) in [4.78, 5) is 57.4. The summed E-state index contributed by atoms with van der Waals surface area (Å²) in [6.45, 7) is 3.72. The first kappa shape index (κ1) is 27.7. The van der Waals surface area contributed by atoms with Crippen LogP contribution in [0, 0.1) is 0 Å². The van der Waals surface area contributed by atoms with Gasteiger partial charge in [-0.05, 0) is 42.5 Å². The van der Waals surface area contributed by atoms with Gasteiger partial charge in [0.05, 0.1) is 11.4 Å². The van der Waals surface area contributed by atoms with Crippen molar-refractivity contribution in [2.45, 2.75) is 0 Å². The van der Waals surface area contributed by atoms with Gasteiger partial charge < -0.3 is 26.8 Å². The number of amides is 3. The minimum Gasteiger partial charge on any atom is -0.425 e. The zero-order valence-corrected chi connectivity index (χ0v) is 20.0. The zero-order chi connectivity index (χ0) is 28.7. The lowest BCUT2D eigenvalue weighted by Gasteiger charge is -2.24. The van der Waals surface area contributed by atoms with Gasteiger partial charge in [0.2, 0.25) is 6.41 Å². The molecule has 1 aliphatic rings. The summed E-state index contributed by atoms with van der Waals surface area (Å²) in [5.41, 5.74) is 2.95. The molecule has 4 rings (SSSR count). The Balaban J connectivity index is 0.00000134. The van der Waals surface area contributed by atoms with Crippen molar-refractivity contribution in [3.8, 4) is 0 Å². The number of pyridine rings is 2. The van der Waals surface area contributed by atoms with Gasteiger partial charge in [-0.2, -0.15) is 0 Å². The highest BCUT2D eigenvalue weighted by Gasteiger charge is 2.19. The van der Waals surface area contributed by atoms with E-state index in [1.54, 1.807) is 18.2 Å². The fourth-order valence-electron chi connectivity index (χ4n) is 3.38. The van der Waals surface area contributed by atoms with E-state index in [0.29, 0.717) is 5.56 Å². The van der Waals surface area contributed by atoms with Crippen LogP contribution < -0.4 is 27.5 Å². The number of benzene rings is 1. The molecule has 0 atom stereocenters. The van der Waals surface area contributed by atoms with E-state index in [9.17, 15) is 34.8 Å². The van der Waals surface area contributed by atoms with Crippen molar-refractivity contribution in [2.75, 3.05) is 10.6 Å². The van der Waals surface area contributed by atoms with Gasteiger partial charge in [-0.3, -0.25) is 29.2 Å². The number of nitrogens with two attached hydrogens (primary N) is 1. The van der Waals surface area contributed by atoms with Gasteiger partial charge in [0.15, 0.2) is 0 Å². The van der Waals surface area contributed by atoms with Crippen LogP contribution in [0.4, 0.5) is 11.4 Å². The summed E-state index contributed by atoms with van der Waals surface area (Å²) in [6, 6.07) is 11.5. The van der Waals surface area contributed by atoms with Gasteiger partial charge in [0, 0.05) is 29.1 Å². The maximum Gasteiger partial charge on any atom is 0.283 e. The lowest BCUT2D eigenvalue weighted by atomic mass is 10.1. The third-order valence-corrected chi connectivity index (χ3v) is 5.11. The molecule has 0 saturated carbocycles. The van der Waals surface area contributed by atoms with E-state index in [2.05, 4.69) is 22.9 Å². The number of hydrogen-bond donors (Lipinski definition) is 6. The second-order valence-corrected chi connectivity index (χ2v) is 7.68. The zero-order valence-electron chi connectivity index (χ0n) is 20.0. The van der Waals surface area contributed by atoms with Crippen molar-refractivity contribution in [1.29, 1.82) is 0 Å². The molecule has 1 aliphatic heterocycles. The van der Waals surface area contributed by atoms with Gasteiger partial charge >= 0.3 is 0 Å². The van der Waals surface area contributed by atoms with Crippen molar-refractivity contribution < 1.29 is 30.0 Å². The molecule has 0 radical (unpaired) electrons. The summed E-state index contributed by atoms with van der Waals surface area (Å²) in [7, 11) is 0. The standard InChI is InChI=1S/C24H19N5O7.CH3NO/c1-14-5-2-6-18(27(14)34)15-11-16(25-23(32)19-7-3-9-21(30)28(19)35)13-17(12-15)26-24(33)20-8-4-10-22(31)29(20)36;2-1-3/h2-13,34-36H,1H2,(H,25,32)(H,26,33);1H,(H2,2,3). The number of primary amides is 1. The molecular formula is C25H22N6O8. The Morgan fingerprint density at radius 3 is 1.77 bits per heavy atom. The molecule has 14 nitrogen and oxygen atoms in total. The fraction of sp³-hybridized carbons (Fsp3) is 0. The predicted molar refractivity (Wildman–Crippen MR) is 138 cm³/mol. The number of nitrogens with one attached hydrogen (secondary N) is 2. The number of rotatable bonds is 5. The number of carbonyl (C=O) groups excluding carboxylic acids is 3. The molecule has 3 aromatic rings. The predicted octanol–water partition coefficient (Wildman–Crippen LogP) is 1.21. The average molecular weight is 534 g/mol. The number of hydroxylamine groups is 2. The first-order valence-corrected chi connectivity index (χ1v) is 10.9. The Kier molecular flexibility index (Phi) is 8.45. The molecule has 0 fully saturated rings. The van der Waals surface area contributed by atoms with E-state index >= 15 is 0 Å². The van der Waals surface area contributed by atoms with Crippen LogP contribution in [0.3, 0.4) is 0 Å². The molecule has 1 aromatic carbocycles. The first-order valence-electron chi connectivity index (χ1n) is 10.9. The van der Waals surface area contributed by atoms with Crippen molar-refractivity contribution in [3.63, 3.8) is 0 Å². The third kappa shape index (κ3) is 6.28. The SMILES string of the molecule is C=C1C=CC=C(c2cc(NC(=O)c3cccc(=O)n3O)cc(NC(=O)c3cccc(=O)n3O)c2)N1O.NC=O. The number of hydrogen-bond acceptors (Lipinski definition) is 9. The number of anilines is 2. The lowest BCUT2D eigenvalue weighted by molar-refractivity contribution is -0.106. The number of allylic oxidation sites excluding steroid dienone is 3. The molecule has 39 heavy (non-hydrogen) atoms. The first-order chi connectivity index (χ1) is 18.6. The number of aromatic nitrogens is 2. The number of carbonyl (C=O) groups is 3. The van der Waals surface area contributed by atoms with E-state index in [0.717, 1.165) is 17.2 Å². The van der Waals surface area contributed by atoms with Gasteiger partial charge in [-0.25, -0.2) is 5.06 Å². The van der Waals surface area contributed by atoms with E-state index in [4.69, 9.17) is 4.79 Å². The highest BCUT2D eigenvalue weighted by molar-refractivity contribution is 6.05. The largest absolute Gasteiger partial charge is 0.425 e. The van der Waals surface area contributed by atoms with E-state index in [1.807, 2.05) is 0 Å². The van der Waals surface area contributed by atoms with Crippen LogP contribution in [0.1, 0.15) is 26.5 Å². The van der Waals surface area contributed by atoms with Gasteiger partial charge in [-0.1, -0.05) is 24.8 Å². The van der Waals surface area contributed by atoms with Crippen LogP contribution in [0.15, 0.2) is 94.7 Å². The smallest absolute Gasteiger partial charge is 0.283 e. The Hall–Kier alpha value is -5.89. The van der Waals surface area contributed by atoms with Crippen molar-refractivity contribution in [1.82, 2.24) is 14.5 Å². The molecule has 200 valence electrons. The monoisotopic (exact) mass is 534 g/mol. The highest BCUT2D eigenvalue weighted by Crippen LogP contribution is 2.30. The van der Waals surface area contributed by atoms with Crippen molar-refractivity contribution in [2.24, 2.45) is 5.73 Å². The third-order valence-electron chi connectivity index (χ3n) is 5.11. The molecule has 0 saturated heterocycles. The topological polar surface area (TPSA) is 209 Å². The Labute approximate surface area is 219 Å². The molecule has 0 bridgehead atoms. The van der Waals surface area contributed by atoms with Crippen LogP contribution in [0.2, 0.25) is 0 Å². The Morgan fingerprint density at radius 1 is 0.846 bits per heavy atom. The second kappa shape index (κ2) is 11.9. The summed E-state index contributed by atoms with van der Waals surface area (Å²) in [6.07, 6.45) is 5.01. The quantitative estimate of drug-likeness (QED) is 0.205. The van der Waals surface area contributed by atoms with Crippen molar-refractivity contribution in [3.05, 3.63) is 123 Å². The normalized spacial score (nSPS) is 12.1. The van der Waals surface area contributed by atoms with E-state index in [-0.39, 0.29) is 50.0 Å². The minimum atomic E-state index is -0.834. The molecule has 3 heterocycles. The maximum atomic E-state index is 12.7. The Bertz CT molecular complexity index is 1540. The molecule has 0 unspecified atom stereocenters. The van der Waals surface area contributed by atoms with Gasteiger partial charge in [0.25, 0.3) is 22.9 Å². The highest BCUT2D eigenvalue weighted by atomic mass is 16.5. The Morgan fingerprint density at radius 2 is 1.31 bits per heavy atom. The molecule has 2 aromatic heterocycles.